The van der Waals surface area contributed by atoms with Crippen LogP contribution in [0.1, 0.15) is 25.7 Å². The summed E-state index contributed by atoms with van der Waals surface area (Å²) in [6, 6.07) is 0.0946. The second kappa shape index (κ2) is 6.87. The van der Waals surface area contributed by atoms with Gasteiger partial charge in [-0.05, 0) is 38.1 Å². The second-order valence-electron chi connectivity index (χ2n) is 6.35. The summed E-state index contributed by atoms with van der Waals surface area (Å²) in [7, 11) is 0. The van der Waals surface area contributed by atoms with Gasteiger partial charge in [0.2, 0.25) is 5.91 Å². The number of nitrogens with one attached hydrogen (secondary N) is 1. The summed E-state index contributed by atoms with van der Waals surface area (Å²) >= 11 is 0. The Morgan fingerprint density at radius 1 is 1.15 bits per heavy atom. The fourth-order valence-corrected chi connectivity index (χ4v) is 3.68. The molecule has 0 aromatic rings. The Kier molecular flexibility index (Phi) is 4.91. The van der Waals surface area contributed by atoms with Crippen molar-refractivity contribution in [2.75, 3.05) is 52.5 Å². The number of nitrogens with zero attached hydrogens (tertiary/aromatic N) is 2. The van der Waals surface area contributed by atoms with Crippen LogP contribution in [0.2, 0.25) is 0 Å². The third-order valence-corrected chi connectivity index (χ3v) is 4.81. The molecule has 2 atom stereocenters. The Balaban J connectivity index is 1.49. The summed E-state index contributed by atoms with van der Waals surface area (Å²) in [5, 5.41) is 3.33. The number of amides is 1. The number of hydrogen-bond donors (Lipinski definition) is 1. The van der Waals surface area contributed by atoms with Crippen LogP contribution >= 0.6 is 0 Å². The normalized spacial score (nSPS) is 32.5. The molecule has 3 fully saturated rings. The molecule has 5 heteroatoms. The molecule has 20 heavy (non-hydrogen) atoms. The van der Waals surface area contributed by atoms with Gasteiger partial charge in [-0.1, -0.05) is 0 Å². The summed E-state index contributed by atoms with van der Waals surface area (Å²) in [6.07, 6.45) is 4.58. The first-order valence-corrected chi connectivity index (χ1v) is 8.15. The van der Waals surface area contributed by atoms with Gasteiger partial charge in [0.05, 0.1) is 19.3 Å². The van der Waals surface area contributed by atoms with E-state index in [1.807, 2.05) is 0 Å². The van der Waals surface area contributed by atoms with E-state index in [9.17, 15) is 4.79 Å². The minimum absolute atomic E-state index is 0.0946. The molecule has 1 amide bonds. The van der Waals surface area contributed by atoms with E-state index >= 15 is 0 Å². The van der Waals surface area contributed by atoms with E-state index in [1.165, 1.54) is 6.42 Å². The van der Waals surface area contributed by atoms with Gasteiger partial charge >= 0.3 is 0 Å². The van der Waals surface area contributed by atoms with E-state index in [0.29, 0.717) is 11.8 Å². The molecule has 0 aromatic carbocycles. The number of hydrogen-bond acceptors (Lipinski definition) is 4. The number of piperidine rings is 1. The minimum atomic E-state index is 0.0946. The largest absolute Gasteiger partial charge is 0.379 e. The molecule has 0 spiro atoms. The maximum Gasteiger partial charge on any atom is 0.239 e. The molecule has 2 unspecified atom stereocenters. The second-order valence-corrected chi connectivity index (χ2v) is 6.35. The SMILES string of the molecule is O=C(C1CCCN1)N1CCCC(CN2CCOCC2)C1. The zero-order valence-corrected chi connectivity index (χ0v) is 12.4. The average Bonchev–Trinajstić information content (AvgIpc) is 3.02. The van der Waals surface area contributed by atoms with Gasteiger partial charge in [0.25, 0.3) is 0 Å². The van der Waals surface area contributed by atoms with Crippen LogP contribution in [0, 0.1) is 5.92 Å². The van der Waals surface area contributed by atoms with E-state index in [4.69, 9.17) is 4.74 Å². The van der Waals surface area contributed by atoms with E-state index < -0.39 is 0 Å². The highest BCUT2D eigenvalue weighted by molar-refractivity contribution is 5.82. The van der Waals surface area contributed by atoms with E-state index in [-0.39, 0.29) is 6.04 Å². The highest BCUT2D eigenvalue weighted by atomic mass is 16.5. The van der Waals surface area contributed by atoms with Crippen molar-refractivity contribution >= 4 is 5.91 Å². The van der Waals surface area contributed by atoms with Crippen molar-refractivity contribution < 1.29 is 9.53 Å². The molecule has 0 aliphatic carbocycles. The van der Waals surface area contributed by atoms with Crippen LogP contribution in [-0.4, -0.2) is 74.2 Å². The molecule has 3 aliphatic rings. The Hall–Kier alpha value is -0.650. The van der Waals surface area contributed by atoms with Crippen molar-refractivity contribution in [1.82, 2.24) is 15.1 Å². The fourth-order valence-electron chi connectivity index (χ4n) is 3.68. The predicted molar refractivity (Wildman–Crippen MR) is 77.6 cm³/mol. The first kappa shape index (κ1) is 14.3. The number of rotatable bonds is 3. The zero-order valence-electron chi connectivity index (χ0n) is 12.4. The van der Waals surface area contributed by atoms with Crippen molar-refractivity contribution in [2.45, 2.75) is 31.7 Å². The van der Waals surface area contributed by atoms with Gasteiger partial charge in [0.1, 0.15) is 0 Å². The lowest BCUT2D eigenvalue weighted by Gasteiger charge is -2.37. The maximum absolute atomic E-state index is 12.5. The lowest BCUT2D eigenvalue weighted by atomic mass is 9.96. The molecule has 1 N–H and O–H groups in total. The molecule has 3 heterocycles. The Morgan fingerprint density at radius 2 is 2.00 bits per heavy atom. The van der Waals surface area contributed by atoms with Gasteiger partial charge in [0, 0.05) is 32.7 Å². The smallest absolute Gasteiger partial charge is 0.239 e. The first-order chi connectivity index (χ1) is 9.83. The van der Waals surface area contributed by atoms with Crippen molar-refractivity contribution in [3.8, 4) is 0 Å². The van der Waals surface area contributed by atoms with Crippen LogP contribution in [0.15, 0.2) is 0 Å². The zero-order chi connectivity index (χ0) is 13.8. The number of ether oxygens (including phenoxy) is 1. The van der Waals surface area contributed by atoms with Crippen molar-refractivity contribution in [1.29, 1.82) is 0 Å². The van der Waals surface area contributed by atoms with Crippen LogP contribution in [0.25, 0.3) is 0 Å². The standard InChI is InChI=1S/C15H27N3O2/c19-15(14-4-1-5-16-14)18-6-2-3-13(12-18)11-17-7-9-20-10-8-17/h13-14,16H,1-12H2. The minimum Gasteiger partial charge on any atom is -0.379 e. The van der Waals surface area contributed by atoms with Gasteiger partial charge in [-0.15, -0.1) is 0 Å². The molecule has 0 aromatic heterocycles. The van der Waals surface area contributed by atoms with Crippen LogP contribution in [-0.2, 0) is 9.53 Å². The Morgan fingerprint density at radius 3 is 2.75 bits per heavy atom. The summed E-state index contributed by atoms with van der Waals surface area (Å²) in [5.74, 6) is 0.987. The average molecular weight is 281 g/mol. The van der Waals surface area contributed by atoms with E-state index in [2.05, 4.69) is 15.1 Å². The van der Waals surface area contributed by atoms with Gasteiger partial charge in [-0.3, -0.25) is 9.69 Å². The van der Waals surface area contributed by atoms with Crippen LogP contribution < -0.4 is 5.32 Å². The monoisotopic (exact) mass is 281 g/mol. The summed E-state index contributed by atoms with van der Waals surface area (Å²) in [6.45, 7) is 7.86. The van der Waals surface area contributed by atoms with Crippen LogP contribution in [0.4, 0.5) is 0 Å². The van der Waals surface area contributed by atoms with Gasteiger partial charge < -0.3 is 15.0 Å². The highest BCUT2D eigenvalue weighted by Gasteiger charge is 2.31. The van der Waals surface area contributed by atoms with Crippen LogP contribution in [0.5, 0.6) is 0 Å². The molecular weight excluding hydrogens is 254 g/mol. The molecule has 114 valence electrons. The molecule has 5 nitrogen and oxygen atoms in total. The summed E-state index contributed by atoms with van der Waals surface area (Å²) < 4.78 is 5.40. The summed E-state index contributed by atoms with van der Waals surface area (Å²) in [5.41, 5.74) is 0. The molecule has 0 bridgehead atoms. The molecule has 0 radical (unpaired) electrons. The third-order valence-electron chi connectivity index (χ3n) is 4.81. The Bertz CT molecular complexity index is 325. The Labute approximate surface area is 121 Å². The number of likely N-dealkylation sites (tertiary alicyclic amines) is 1. The molecule has 3 rings (SSSR count). The van der Waals surface area contributed by atoms with Gasteiger partial charge in [-0.2, -0.15) is 0 Å². The maximum atomic E-state index is 12.5. The highest BCUT2D eigenvalue weighted by Crippen LogP contribution is 2.20. The van der Waals surface area contributed by atoms with Crippen LogP contribution in [0.3, 0.4) is 0 Å². The predicted octanol–water partition coefficient (Wildman–Crippen LogP) is 0.309. The molecule has 0 saturated carbocycles. The number of carbonyl (C=O) groups is 1. The van der Waals surface area contributed by atoms with Crippen molar-refractivity contribution in [2.24, 2.45) is 5.92 Å². The number of morpholine rings is 1. The van der Waals surface area contributed by atoms with E-state index in [1.54, 1.807) is 0 Å². The van der Waals surface area contributed by atoms with Gasteiger partial charge in [0.15, 0.2) is 0 Å². The van der Waals surface area contributed by atoms with Gasteiger partial charge in [-0.25, -0.2) is 0 Å². The lowest BCUT2D eigenvalue weighted by molar-refractivity contribution is -0.135. The molecule has 3 saturated heterocycles. The lowest BCUT2D eigenvalue weighted by Crippen LogP contribution is -2.50. The quantitative estimate of drug-likeness (QED) is 0.809. The molecule has 3 aliphatic heterocycles. The van der Waals surface area contributed by atoms with E-state index in [0.717, 1.165) is 71.7 Å². The fraction of sp³-hybridized carbons (Fsp3) is 0.933. The van der Waals surface area contributed by atoms with Crippen molar-refractivity contribution in [3.05, 3.63) is 0 Å². The topological polar surface area (TPSA) is 44.8 Å². The third kappa shape index (κ3) is 3.51. The summed E-state index contributed by atoms with van der Waals surface area (Å²) in [4.78, 5) is 17.1. The van der Waals surface area contributed by atoms with Crippen molar-refractivity contribution in [3.63, 3.8) is 0 Å². The first-order valence-electron chi connectivity index (χ1n) is 8.15. The number of carbonyl (C=O) groups excluding carboxylic acids is 1. The molecular formula is C15H27N3O2.